The molecule has 0 aliphatic carbocycles. The second-order valence-electron chi connectivity index (χ2n) is 9.08. The Balaban J connectivity index is 0.000000642. The van der Waals surface area contributed by atoms with Gasteiger partial charge >= 0.3 is 17.9 Å². The van der Waals surface area contributed by atoms with Crippen molar-refractivity contribution in [1.82, 2.24) is 5.32 Å². The number of hydrogen-bond donors (Lipinski definition) is 5. The van der Waals surface area contributed by atoms with Gasteiger partial charge in [-0.25, -0.2) is 9.59 Å². The molecular weight excluding hydrogens is 571 g/mol. The Morgan fingerprint density at radius 3 is 2.17 bits per heavy atom. The molecule has 3 rings (SSSR count). The largest absolute Gasteiger partial charge is 0.478 e. The lowest BCUT2D eigenvalue weighted by molar-refractivity contribution is -0.143. The number of nitrogens with one attached hydrogen (secondary N) is 1. The van der Waals surface area contributed by atoms with Crippen molar-refractivity contribution in [3.05, 3.63) is 87.9 Å². The summed E-state index contributed by atoms with van der Waals surface area (Å²) in [5.41, 5.74) is 7.68. The third-order valence-corrected chi connectivity index (χ3v) is 6.54. The molecule has 0 heterocycles. The van der Waals surface area contributed by atoms with Crippen molar-refractivity contribution in [2.75, 3.05) is 25.4 Å². The molecule has 1 atom stereocenters. The van der Waals surface area contributed by atoms with Gasteiger partial charge in [-0.05, 0) is 53.4 Å². The number of anilines is 1. The molecule has 3 aromatic carbocycles. The maximum Gasteiger partial charge on any atom is 0.328 e. The van der Waals surface area contributed by atoms with Crippen LogP contribution in [0, 0.1) is 0 Å². The molecule has 0 radical (unpaired) electrons. The summed E-state index contributed by atoms with van der Waals surface area (Å²) in [6, 6.07) is 17.3. The second kappa shape index (κ2) is 17.9. The van der Waals surface area contributed by atoms with Crippen LogP contribution in [0.25, 0.3) is 10.8 Å². The molecule has 0 aliphatic heterocycles. The number of aliphatic hydroxyl groups excluding tert-OH is 1. The average Bonchev–Trinajstić information content (AvgIpc) is 2.94. The molecule has 0 amide bonds. The van der Waals surface area contributed by atoms with Gasteiger partial charge in [-0.3, -0.25) is 4.79 Å². The number of unbranched alkanes of at least 4 members (excludes halogenated alkanes) is 3. The lowest BCUT2D eigenvalue weighted by Gasteiger charge is -2.14. The van der Waals surface area contributed by atoms with Crippen molar-refractivity contribution < 1.29 is 34.4 Å². The summed E-state index contributed by atoms with van der Waals surface area (Å²) in [5, 5.41) is 32.0. The number of carbonyl (C=O) groups is 3. The fourth-order valence-corrected chi connectivity index (χ4v) is 4.34. The monoisotopic (exact) mass is 604 g/mol. The lowest BCUT2D eigenvalue weighted by Crippen LogP contribution is -2.22. The highest BCUT2D eigenvalue weighted by molar-refractivity contribution is 6.38. The minimum Gasteiger partial charge on any atom is -0.478 e. The van der Waals surface area contributed by atoms with E-state index in [-0.39, 0.29) is 12.4 Å². The van der Waals surface area contributed by atoms with Gasteiger partial charge in [0.05, 0.1) is 34.9 Å². The predicted molar refractivity (Wildman–Crippen MR) is 160 cm³/mol. The highest BCUT2D eigenvalue weighted by atomic mass is 35.5. The normalized spacial score (nSPS) is 11.6. The van der Waals surface area contributed by atoms with E-state index in [0.717, 1.165) is 48.6 Å². The summed E-state index contributed by atoms with van der Waals surface area (Å²) in [4.78, 5) is 31.3. The van der Waals surface area contributed by atoms with Gasteiger partial charge in [0.2, 0.25) is 0 Å². The van der Waals surface area contributed by atoms with Crippen molar-refractivity contribution >= 4 is 57.6 Å². The quantitative estimate of drug-likeness (QED) is 0.0701. The van der Waals surface area contributed by atoms with E-state index in [0.29, 0.717) is 46.6 Å². The topological polar surface area (TPSA) is 159 Å². The van der Waals surface area contributed by atoms with E-state index in [1.54, 1.807) is 12.1 Å². The summed E-state index contributed by atoms with van der Waals surface area (Å²) in [7, 11) is 0. The van der Waals surface area contributed by atoms with Gasteiger partial charge in [-0.15, -0.1) is 0 Å². The molecule has 0 saturated carbocycles. The third-order valence-electron chi connectivity index (χ3n) is 5.92. The fourth-order valence-electron chi connectivity index (χ4n) is 3.84. The summed E-state index contributed by atoms with van der Waals surface area (Å²) >= 11 is 12.0. The number of ether oxygens (including phenoxy) is 1. The first kappa shape index (κ1) is 33.6. The van der Waals surface area contributed by atoms with Crippen LogP contribution in [0.4, 0.5) is 5.69 Å². The number of nitrogens with two attached hydrogens (primary N) is 1. The fraction of sp³-hybridized carbons (Fsp3) is 0.300. The molecule has 41 heavy (non-hydrogen) atoms. The van der Waals surface area contributed by atoms with Gasteiger partial charge in [0.15, 0.2) is 0 Å². The van der Waals surface area contributed by atoms with Gasteiger partial charge < -0.3 is 31.1 Å². The molecule has 0 saturated heterocycles. The molecular formula is C30H34Cl2N2O7. The molecule has 6 N–H and O–H groups in total. The molecule has 3 aromatic rings. The number of carboxylic acids is 2. The number of fused-ring (bicyclic) bond motifs is 1. The Morgan fingerprint density at radius 2 is 1.51 bits per heavy atom. The van der Waals surface area contributed by atoms with Crippen LogP contribution >= 0.6 is 23.2 Å². The molecule has 0 fully saturated rings. The van der Waals surface area contributed by atoms with Crippen molar-refractivity contribution in [2.24, 2.45) is 0 Å². The number of carboxylic acid groups (broad SMARTS) is 2. The summed E-state index contributed by atoms with van der Waals surface area (Å²) in [6.07, 6.45) is 4.51. The first-order valence-electron chi connectivity index (χ1n) is 13.0. The number of carbonyl (C=O) groups excluding carboxylic acids is 1. The number of esters is 1. The Kier molecular flexibility index (Phi) is 14.7. The van der Waals surface area contributed by atoms with E-state index >= 15 is 0 Å². The molecule has 1 unspecified atom stereocenters. The minimum absolute atomic E-state index is 0.190. The van der Waals surface area contributed by atoms with E-state index < -0.39 is 18.0 Å². The van der Waals surface area contributed by atoms with Gasteiger partial charge in [0.1, 0.15) is 0 Å². The molecule has 11 heteroatoms. The second-order valence-corrected chi connectivity index (χ2v) is 9.89. The Hall–Kier alpha value is -3.63. The first-order chi connectivity index (χ1) is 19.6. The zero-order valence-corrected chi connectivity index (χ0v) is 23.9. The zero-order chi connectivity index (χ0) is 30.2. The molecule has 0 aliphatic rings. The van der Waals surface area contributed by atoms with Crippen LogP contribution in [0.2, 0.25) is 10.0 Å². The minimum atomic E-state index is -1.26. The molecule has 0 spiro atoms. The molecule has 9 nitrogen and oxygen atoms in total. The van der Waals surface area contributed by atoms with Crippen LogP contribution < -0.4 is 11.1 Å². The highest BCUT2D eigenvalue weighted by Crippen LogP contribution is 2.31. The number of hydrogen-bond acceptors (Lipinski definition) is 7. The van der Waals surface area contributed by atoms with Crippen LogP contribution in [-0.4, -0.2) is 52.9 Å². The Bertz CT molecular complexity index is 1300. The highest BCUT2D eigenvalue weighted by Gasteiger charge is 2.12. The number of benzene rings is 3. The average molecular weight is 606 g/mol. The van der Waals surface area contributed by atoms with Crippen molar-refractivity contribution in [3.63, 3.8) is 0 Å². The third kappa shape index (κ3) is 12.6. The van der Waals surface area contributed by atoms with Crippen LogP contribution in [0.15, 0.2) is 66.7 Å². The van der Waals surface area contributed by atoms with Gasteiger partial charge in [-0.1, -0.05) is 78.5 Å². The van der Waals surface area contributed by atoms with E-state index in [1.807, 2.05) is 42.5 Å². The maximum absolute atomic E-state index is 12.2. The van der Waals surface area contributed by atoms with E-state index in [1.165, 1.54) is 0 Å². The lowest BCUT2D eigenvalue weighted by atomic mass is 10.0. The zero-order valence-electron chi connectivity index (χ0n) is 22.4. The van der Waals surface area contributed by atoms with E-state index in [4.69, 9.17) is 43.9 Å². The van der Waals surface area contributed by atoms with E-state index in [2.05, 4.69) is 5.32 Å². The van der Waals surface area contributed by atoms with Crippen LogP contribution in [0.1, 0.15) is 42.9 Å². The van der Waals surface area contributed by atoms with Crippen molar-refractivity contribution in [3.8, 4) is 0 Å². The maximum atomic E-state index is 12.2. The summed E-state index contributed by atoms with van der Waals surface area (Å²) < 4.78 is 5.41. The number of aliphatic carboxylic acids is 2. The Morgan fingerprint density at radius 1 is 0.902 bits per heavy atom. The summed E-state index contributed by atoms with van der Waals surface area (Å²) in [5.74, 6) is -2.70. The molecule has 0 bridgehead atoms. The van der Waals surface area contributed by atoms with Gasteiger partial charge in [0.25, 0.3) is 0 Å². The first-order valence-corrected chi connectivity index (χ1v) is 13.7. The Labute approximate surface area is 248 Å². The van der Waals surface area contributed by atoms with Crippen LogP contribution in [0.3, 0.4) is 0 Å². The predicted octanol–water partition coefficient (Wildman–Crippen LogP) is 5.41. The standard InChI is InChI=1S/C26H30Cl2N2O3.C4H4O4/c27-22-14-20(15-23(28)26(22)29)24(31)17-30-12-5-1-2-6-13-33-25(32)16-19-10-7-9-18-8-3-4-11-21(18)19;5-3(6)1-2-4(7)8/h3-4,7-11,14-15,24,30-31H,1-2,5-6,12-13,16-17,29H2;1-2H,(H,5,6)(H,7,8)/b;2-1-. The van der Waals surface area contributed by atoms with Crippen molar-refractivity contribution in [1.29, 1.82) is 0 Å². The van der Waals surface area contributed by atoms with E-state index in [9.17, 15) is 19.5 Å². The SMILES string of the molecule is Nc1c(Cl)cc(C(O)CNCCCCCCOC(=O)Cc2cccc3ccccc23)cc1Cl.O=C(O)/C=C\C(=O)O. The summed E-state index contributed by atoms with van der Waals surface area (Å²) in [6.45, 7) is 1.63. The molecule has 0 aromatic heterocycles. The van der Waals surface area contributed by atoms with Crippen LogP contribution in [0.5, 0.6) is 0 Å². The van der Waals surface area contributed by atoms with Crippen molar-refractivity contribution in [2.45, 2.75) is 38.2 Å². The van der Waals surface area contributed by atoms with Gasteiger partial charge in [0, 0.05) is 18.7 Å². The number of rotatable bonds is 14. The smallest absolute Gasteiger partial charge is 0.328 e. The number of aliphatic hydroxyl groups is 1. The number of halogens is 2. The van der Waals surface area contributed by atoms with Gasteiger partial charge in [-0.2, -0.15) is 0 Å². The molecule has 220 valence electrons. The van der Waals surface area contributed by atoms with Crippen LogP contribution in [-0.2, 0) is 25.5 Å². The number of nitrogen functional groups attached to an aromatic ring is 1.